The van der Waals surface area contributed by atoms with Crippen molar-refractivity contribution in [2.75, 3.05) is 6.54 Å². The molecular weight excluding hydrogens is 540 g/mol. The van der Waals surface area contributed by atoms with E-state index in [1.807, 2.05) is 0 Å². The average molecular weight is 577 g/mol. The van der Waals surface area contributed by atoms with Crippen molar-refractivity contribution in [1.29, 1.82) is 0 Å². The van der Waals surface area contributed by atoms with E-state index in [1.165, 1.54) is 6.92 Å². The first-order valence-electron chi connectivity index (χ1n) is 12.7. The largest absolute Gasteiger partial charge is 0.481 e. The summed E-state index contributed by atoms with van der Waals surface area (Å²) in [5.74, 6) is -5.87. The molecule has 5 atom stereocenters. The Morgan fingerprint density at radius 2 is 1.56 bits per heavy atom. The number of para-hydroxylation sites is 1. The van der Waals surface area contributed by atoms with Crippen molar-refractivity contribution in [1.82, 2.24) is 20.9 Å². The molecule has 0 aliphatic carbocycles. The molecule has 0 saturated carbocycles. The van der Waals surface area contributed by atoms with E-state index in [-0.39, 0.29) is 31.8 Å². The lowest BCUT2D eigenvalue weighted by Gasteiger charge is -2.25. The van der Waals surface area contributed by atoms with Crippen molar-refractivity contribution in [3.8, 4) is 0 Å². The van der Waals surface area contributed by atoms with E-state index < -0.39 is 66.4 Å². The molecule has 0 saturated heterocycles. The summed E-state index contributed by atoms with van der Waals surface area (Å²) in [7, 11) is 0. The van der Waals surface area contributed by atoms with Crippen molar-refractivity contribution in [2.45, 2.75) is 62.9 Å². The Bertz CT molecular complexity index is 1270. The molecule has 3 amide bonds. The molecular formula is C25H36N8O8. The molecule has 0 fully saturated rings. The number of amides is 3. The molecule has 1 aromatic carbocycles. The highest BCUT2D eigenvalue weighted by Gasteiger charge is 2.32. The smallest absolute Gasteiger partial charge is 0.326 e. The van der Waals surface area contributed by atoms with Crippen LogP contribution in [0.15, 0.2) is 35.5 Å². The first-order valence-corrected chi connectivity index (χ1v) is 12.7. The van der Waals surface area contributed by atoms with Crippen LogP contribution in [0.3, 0.4) is 0 Å². The van der Waals surface area contributed by atoms with Gasteiger partial charge in [0, 0.05) is 30.1 Å². The van der Waals surface area contributed by atoms with Crippen molar-refractivity contribution in [3.63, 3.8) is 0 Å². The molecule has 13 N–H and O–H groups in total. The summed E-state index contributed by atoms with van der Waals surface area (Å²) in [4.78, 5) is 68.8. The van der Waals surface area contributed by atoms with Gasteiger partial charge in [0.25, 0.3) is 0 Å². The third kappa shape index (κ3) is 10.1. The highest BCUT2D eigenvalue weighted by Crippen LogP contribution is 2.19. The zero-order chi connectivity index (χ0) is 30.7. The summed E-state index contributed by atoms with van der Waals surface area (Å²) < 4.78 is 0. The topological polar surface area (TPSA) is 288 Å². The normalized spacial score (nSPS) is 14.6. The van der Waals surface area contributed by atoms with Crippen LogP contribution in [-0.4, -0.2) is 92.7 Å². The number of guanidine groups is 1. The van der Waals surface area contributed by atoms with Crippen molar-refractivity contribution >= 4 is 46.5 Å². The zero-order valence-corrected chi connectivity index (χ0v) is 22.4. The minimum Gasteiger partial charge on any atom is -0.481 e. The summed E-state index contributed by atoms with van der Waals surface area (Å²) in [6.45, 7) is 1.37. The number of carbonyl (C=O) groups excluding carboxylic acids is 3. The number of rotatable bonds is 16. The summed E-state index contributed by atoms with van der Waals surface area (Å²) in [6, 6.07) is 1.32. The van der Waals surface area contributed by atoms with Gasteiger partial charge in [0.2, 0.25) is 17.7 Å². The minimum absolute atomic E-state index is 0.0411. The van der Waals surface area contributed by atoms with E-state index in [4.69, 9.17) is 17.2 Å². The zero-order valence-electron chi connectivity index (χ0n) is 22.4. The van der Waals surface area contributed by atoms with E-state index in [2.05, 4.69) is 25.9 Å². The molecule has 16 nitrogen and oxygen atoms in total. The van der Waals surface area contributed by atoms with Gasteiger partial charge >= 0.3 is 11.9 Å². The number of aliphatic hydroxyl groups excluding tert-OH is 1. The number of carbonyl (C=O) groups is 5. The number of carboxylic acid groups (broad SMARTS) is 2. The van der Waals surface area contributed by atoms with Crippen molar-refractivity contribution in [3.05, 3.63) is 36.0 Å². The standard InChI is InChI=1S/C25H36N8O8/c1-12(34)20(26)23(39)31-16(7-4-8-29-25(27)28)21(37)32-17(10-19(35)36)22(38)33-18(24(40)41)9-13-11-30-15-6-3-2-5-14(13)15/h2-3,5-6,11-12,16-18,20,30,34H,4,7-10,26H2,1H3,(H,31,39)(H,32,37)(H,33,38)(H,35,36)(H,40,41)(H4,27,28,29). The maximum absolute atomic E-state index is 13.1. The molecule has 0 spiro atoms. The van der Waals surface area contributed by atoms with Crippen LogP contribution in [0.1, 0.15) is 31.7 Å². The average Bonchev–Trinajstić information content (AvgIpc) is 3.31. The lowest BCUT2D eigenvalue weighted by molar-refractivity contribution is -0.143. The third-order valence-electron chi connectivity index (χ3n) is 6.13. The second kappa shape index (κ2) is 15.2. The Morgan fingerprint density at radius 3 is 2.17 bits per heavy atom. The minimum atomic E-state index is -1.69. The number of hydrogen-bond donors (Lipinski definition) is 10. The quantitative estimate of drug-likeness (QED) is 0.0565. The number of fused-ring (bicyclic) bond motifs is 1. The maximum Gasteiger partial charge on any atom is 0.326 e. The van der Waals surface area contributed by atoms with E-state index >= 15 is 0 Å². The van der Waals surface area contributed by atoms with Gasteiger partial charge in [-0.05, 0) is 31.4 Å². The first-order chi connectivity index (χ1) is 19.3. The lowest BCUT2D eigenvalue weighted by atomic mass is 10.0. The number of carboxylic acids is 2. The van der Waals surface area contributed by atoms with Crippen molar-refractivity contribution < 1.29 is 39.3 Å². The molecule has 0 aliphatic rings. The van der Waals surface area contributed by atoms with Gasteiger partial charge in [-0.3, -0.25) is 24.2 Å². The van der Waals surface area contributed by atoms with Crippen LogP contribution < -0.4 is 33.2 Å². The van der Waals surface area contributed by atoms with Gasteiger partial charge in [-0.25, -0.2) is 4.79 Å². The first kappa shape index (κ1) is 32.5. The van der Waals surface area contributed by atoms with Gasteiger partial charge in [-0.15, -0.1) is 0 Å². The molecule has 2 aromatic rings. The monoisotopic (exact) mass is 576 g/mol. The van der Waals surface area contributed by atoms with Crippen LogP contribution in [0.25, 0.3) is 10.9 Å². The van der Waals surface area contributed by atoms with Gasteiger partial charge in [-0.2, -0.15) is 0 Å². The van der Waals surface area contributed by atoms with Crippen LogP contribution in [0.2, 0.25) is 0 Å². The highest BCUT2D eigenvalue weighted by atomic mass is 16.4. The van der Waals surface area contributed by atoms with Gasteiger partial charge in [0.15, 0.2) is 5.96 Å². The van der Waals surface area contributed by atoms with E-state index in [1.54, 1.807) is 30.5 Å². The number of aliphatic hydroxyl groups is 1. The fourth-order valence-electron chi connectivity index (χ4n) is 3.91. The predicted molar refractivity (Wildman–Crippen MR) is 147 cm³/mol. The number of H-pyrrole nitrogens is 1. The molecule has 0 radical (unpaired) electrons. The molecule has 5 unspecified atom stereocenters. The second-order valence-corrected chi connectivity index (χ2v) is 9.40. The number of nitrogens with zero attached hydrogens (tertiary/aromatic N) is 1. The van der Waals surface area contributed by atoms with Gasteiger partial charge in [-0.1, -0.05) is 18.2 Å². The molecule has 0 bridgehead atoms. The Balaban J connectivity index is 2.20. The maximum atomic E-state index is 13.1. The molecule has 1 aromatic heterocycles. The van der Waals surface area contributed by atoms with Crippen molar-refractivity contribution in [2.24, 2.45) is 22.2 Å². The van der Waals surface area contributed by atoms with E-state index in [0.717, 1.165) is 10.9 Å². The number of aliphatic imine (C=N–C) groups is 1. The lowest BCUT2D eigenvalue weighted by Crippen LogP contribution is -2.58. The molecule has 224 valence electrons. The molecule has 1 heterocycles. The number of nitrogens with one attached hydrogen (secondary N) is 4. The number of benzene rings is 1. The SMILES string of the molecule is CC(O)C(N)C(=O)NC(CCCN=C(N)N)C(=O)NC(CC(=O)O)C(=O)NC(Cc1c[nH]c2ccccc12)C(=O)O. The second-order valence-electron chi connectivity index (χ2n) is 9.40. The Hall–Kier alpha value is -4.70. The Kier molecular flexibility index (Phi) is 12.0. The van der Waals surface area contributed by atoms with E-state index in [0.29, 0.717) is 5.56 Å². The predicted octanol–water partition coefficient (Wildman–Crippen LogP) is -2.51. The fraction of sp³-hybridized carbons (Fsp3) is 0.440. The number of aliphatic carboxylic acids is 2. The van der Waals surface area contributed by atoms with Crippen LogP contribution in [0.4, 0.5) is 0 Å². The van der Waals surface area contributed by atoms with Crippen LogP contribution >= 0.6 is 0 Å². The highest BCUT2D eigenvalue weighted by molar-refractivity contribution is 5.96. The van der Waals surface area contributed by atoms with Crippen LogP contribution in [-0.2, 0) is 30.4 Å². The van der Waals surface area contributed by atoms with E-state index in [9.17, 15) is 39.3 Å². The summed E-state index contributed by atoms with van der Waals surface area (Å²) in [6.07, 6.45) is -0.478. The van der Waals surface area contributed by atoms with Gasteiger partial charge < -0.3 is 53.5 Å². The molecule has 0 aliphatic heterocycles. The fourth-order valence-corrected chi connectivity index (χ4v) is 3.91. The van der Waals surface area contributed by atoms with Crippen LogP contribution in [0, 0.1) is 0 Å². The van der Waals surface area contributed by atoms with Gasteiger partial charge in [0.05, 0.1) is 12.5 Å². The molecule has 16 heteroatoms. The molecule has 2 rings (SSSR count). The van der Waals surface area contributed by atoms with Gasteiger partial charge in [0.1, 0.15) is 24.2 Å². The Labute approximate surface area is 234 Å². The number of hydrogen-bond acceptors (Lipinski definition) is 8. The number of aromatic nitrogens is 1. The van der Waals surface area contributed by atoms with Crippen LogP contribution in [0.5, 0.6) is 0 Å². The Morgan fingerprint density at radius 1 is 0.951 bits per heavy atom. The number of nitrogens with two attached hydrogens (primary N) is 3. The summed E-state index contributed by atoms with van der Waals surface area (Å²) in [5, 5.41) is 36.4. The number of aromatic amines is 1. The summed E-state index contributed by atoms with van der Waals surface area (Å²) >= 11 is 0. The summed E-state index contributed by atoms with van der Waals surface area (Å²) in [5.41, 5.74) is 17.6. The third-order valence-corrected chi connectivity index (χ3v) is 6.13. The molecule has 41 heavy (non-hydrogen) atoms.